The van der Waals surface area contributed by atoms with Crippen molar-refractivity contribution in [1.29, 1.82) is 0 Å². The van der Waals surface area contributed by atoms with E-state index in [4.69, 9.17) is 0 Å². The predicted octanol–water partition coefficient (Wildman–Crippen LogP) is 8.18. The zero-order chi connectivity index (χ0) is 22.7. The van der Waals surface area contributed by atoms with Crippen LogP contribution in [0.3, 0.4) is 0 Å². The summed E-state index contributed by atoms with van der Waals surface area (Å²) < 4.78 is 34.5. The lowest BCUT2D eigenvalue weighted by Gasteiger charge is -2.42. The van der Waals surface area contributed by atoms with Crippen LogP contribution in [0.5, 0.6) is 0 Å². The minimum absolute atomic E-state index is 0.154. The monoisotopic (exact) mass is 442 g/mol. The lowest BCUT2D eigenvalue weighted by Crippen LogP contribution is -2.30. The number of ether oxygens (including phenoxy) is 1. The van der Waals surface area contributed by atoms with Crippen molar-refractivity contribution in [2.24, 2.45) is 17.8 Å². The van der Waals surface area contributed by atoms with Gasteiger partial charge in [0, 0.05) is 5.39 Å². The summed E-state index contributed by atoms with van der Waals surface area (Å²) in [6.45, 7) is 2.26. The third-order valence-corrected chi connectivity index (χ3v) is 8.10. The average molecular weight is 443 g/mol. The number of carbonyl (C=O) groups excluding carboxylic acids is 1. The average Bonchev–Trinajstić information content (AvgIpc) is 2.81. The largest absolute Gasteiger partial charge is 0.465 e. The maximum Gasteiger partial charge on any atom is 0.340 e. The standard InChI is InChI=1S/C28H36F2O2/c1-3-4-5-6-7-18-8-9-20-15-21(11-10-19(20)14-18)23-13-12-22-16-25(28(31)32-2)26(29)17-24(22)27(23)30/h12-13,16-21H,3-11,14-15H2,1-2H3. The second-order valence-electron chi connectivity index (χ2n) is 10.1. The molecule has 0 bridgehead atoms. The molecule has 2 fully saturated rings. The van der Waals surface area contributed by atoms with Gasteiger partial charge in [0.25, 0.3) is 0 Å². The summed E-state index contributed by atoms with van der Waals surface area (Å²) in [5, 5.41) is 0.788. The maximum absolute atomic E-state index is 15.5. The second-order valence-corrected chi connectivity index (χ2v) is 10.1. The number of fused-ring (bicyclic) bond motifs is 2. The quantitative estimate of drug-likeness (QED) is 0.319. The van der Waals surface area contributed by atoms with Crippen LogP contribution >= 0.6 is 0 Å². The minimum atomic E-state index is -0.742. The molecule has 32 heavy (non-hydrogen) atoms. The molecule has 2 aromatic rings. The van der Waals surface area contributed by atoms with Crippen LogP contribution in [-0.4, -0.2) is 13.1 Å². The van der Waals surface area contributed by atoms with Crippen LogP contribution in [0.25, 0.3) is 10.8 Å². The predicted molar refractivity (Wildman–Crippen MR) is 125 cm³/mol. The highest BCUT2D eigenvalue weighted by Crippen LogP contribution is 2.49. The smallest absolute Gasteiger partial charge is 0.340 e. The van der Waals surface area contributed by atoms with Crippen molar-refractivity contribution in [2.75, 3.05) is 7.11 Å². The molecule has 0 aromatic heterocycles. The van der Waals surface area contributed by atoms with E-state index in [0.29, 0.717) is 16.9 Å². The zero-order valence-corrected chi connectivity index (χ0v) is 19.5. The molecule has 2 saturated carbocycles. The molecule has 4 heteroatoms. The van der Waals surface area contributed by atoms with Gasteiger partial charge in [-0.15, -0.1) is 0 Å². The molecule has 4 atom stereocenters. The topological polar surface area (TPSA) is 26.3 Å². The molecule has 0 saturated heterocycles. The van der Waals surface area contributed by atoms with Crippen LogP contribution < -0.4 is 0 Å². The van der Waals surface area contributed by atoms with Crippen LogP contribution in [0.15, 0.2) is 24.3 Å². The normalized spacial score (nSPS) is 25.5. The van der Waals surface area contributed by atoms with E-state index in [0.717, 1.165) is 30.7 Å². The lowest BCUT2D eigenvalue weighted by molar-refractivity contribution is 0.0595. The Labute approximate surface area is 190 Å². The Morgan fingerprint density at radius 1 is 1.00 bits per heavy atom. The summed E-state index contributed by atoms with van der Waals surface area (Å²) in [6, 6.07) is 6.21. The van der Waals surface area contributed by atoms with Gasteiger partial charge in [-0.1, -0.05) is 57.6 Å². The molecule has 4 rings (SSSR count). The van der Waals surface area contributed by atoms with Crippen LogP contribution in [-0.2, 0) is 4.74 Å². The molecule has 0 radical (unpaired) electrons. The number of rotatable bonds is 7. The fourth-order valence-corrected chi connectivity index (χ4v) is 6.30. The molecular weight excluding hydrogens is 406 g/mol. The highest BCUT2D eigenvalue weighted by Gasteiger charge is 2.36. The fourth-order valence-electron chi connectivity index (χ4n) is 6.30. The molecule has 0 aliphatic heterocycles. The van der Waals surface area contributed by atoms with Crippen molar-refractivity contribution in [2.45, 2.75) is 83.5 Å². The van der Waals surface area contributed by atoms with Crippen LogP contribution in [0, 0.1) is 29.4 Å². The van der Waals surface area contributed by atoms with E-state index in [-0.39, 0.29) is 22.7 Å². The van der Waals surface area contributed by atoms with Gasteiger partial charge < -0.3 is 4.74 Å². The van der Waals surface area contributed by atoms with Gasteiger partial charge in [0.05, 0.1) is 12.7 Å². The van der Waals surface area contributed by atoms with Gasteiger partial charge in [0.15, 0.2) is 0 Å². The van der Waals surface area contributed by atoms with E-state index >= 15 is 4.39 Å². The molecule has 174 valence electrons. The van der Waals surface area contributed by atoms with Gasteiger partial charge in [-0.2, -0.15) is 0 Å². The number of methoxy groups -OCH3 is 1. The van der Waals surface area contributed by atoms with Crippen molar-refractivity contribution < 1.29 is 18.3 Å². The minimum Gasteiger partial charge on any atom is -0.465 e. The molecule has 2 nitrogen and oxygen atoms in total. The molecular formula is C28H36F2O2. The van der Waals surface area contributed by atoms with E-state index in [1.165, 1.54) is 71.0 Å². The summed E-state index contributed by atoms with van der Waals surface area (Å²) >= 11 is 0. The number of benzene rings is 2. The number of unbranched alkanes of at least 4 members (excludes halogenated alkanes) is 3. The van der Waals surface area contributed by atoms with E-state index in [1.54, 1.807) is 0 Å². The summed E-state index contributed by atoms with van der Waals surface area (Å²) in [6.07, 6.45) is 13.9. The first-order chi connectivity index (χ1) is 15.5. The van der Waals surface area contributed by atoms with Gasteiger partial charge in [-0.3, -0.25) is 0 Å². The molecule has 4 unspecified atom stereocenters. The van der Waals surface area contributed by atoms with Crippen LogP contribution in [0.1, 0.15) is 99.4 Å². The third kappa shape index (κ3) is 4.84. The lowest BCUT2D eigenvalue weighted by atomic mass is 9.63. The molecule has 0 spiro atoms. The Hall–Kier alpha value is -1.97. The fraction of sp³-hybridized carbons (Fsp3) is 0.607. The second kappa shape index (κ2) is 10.3. The third-order valence-electron chi connectivity index (χ3n) is 8.10. The summed E-state index contributed by atoms with van der Waals surface area (Å²) in [5.74, 6) is 0.758. The van der Waals surface area contributed by atoms with E-state index in [2.05, 4.69) is 11.7 Å². The van der Waals surface area contributed by atoms with Gasteiger partial charge in [0.1, 0.15) is 11.6 Å². The highest BCUT2D eigenvalue weighted by molar-refractivity contribution is 5.96. The molecule has 2 aliphatic carbocycles. The van der Waals surface area contributed by atoms with Crippen molar-refractivity contribution in [1.82, 2.24) is 0 Å². The Morgan fingerprint density at radius 2 is 1.78 bits per heavy atom. The highest BCUT2D eigenvalue weighted by atomic mass is 19.1. The van der Waals surface area contributed by atoms with Gasteiger partial charge in [-0.25, -0.2) is 13.6 Å². The Kier molecular flexibility index (Phi) is 7.48. The zero-order valence-electron chi connectivity index (χ0n) is 19.5. The Balaban J connectivity index is 1.45. The molecule has 0 amide bonds. The molecule has 0 heterocycles. The Bertz CT molecular complexity index is 954. The van der Waals surface area contributed by atoms with E-state index in [9.17, 15) is 9.18 Å². The summed E-state index contributed by atoms with van der Waals surface area (Å²) in [4.78, 5) is 11.8. The van der Waals surface area contributed by atoms with Crippen molar-refractivity contribution >= 4 is 16.7 Å². The van der Waals surface area contributed by atoms with Gasteiger partial charge in [-0.05, 0) is 78.9 Å². The van der Waals surface area contributed by atoms with Gasteiger partial charge in [0.2, 0.25) is 0 Å². The molecule has 0 N–H and O–H groups in total. The van der Waals surface area contributed by atoms with Crippen LogP contribution in [0.4, 0.5) is 8.78 Å². The van der Waals surface area contributed by atoms with Crippen molar-refractivity contribution in [3.8, 4) is 0 Å². The Morgan fingerprint density at radius 3 is 2.56 bits per heavy atom. The number of esters is 1. The number of hydrogen-bond acceptors (Lipinski definition) is 2. The molecule has 2 aliphatic rings. The summed E-state index contributed by atoms with van der Waals surface area (Å²) in [5.41, 5.74) is 0.557. The first-order valence-electron chi connectivity index (χ1n) is 12.5. The van der Waals surface area contributed by atoms with Crippen LogP contribution in [0.2, 0.25) is 0 Å². The number of halogens is 2. The first-order valence-corrected chi connectivity index (χ1v) is 12.5. The van der Waals surface area contributed by atoms with E-state index < -0.39 is 11.8 Å². The number of hydrogen-bond donors (Lipinski definition) is 0. The first kappa shape index (κ1) is 23.2. The van der Waals surface area contributed by atoms with E-state index in [1.807, 2.05) is 12.1 Å². The van der Waals surface area contributed by atoms with Crippen molar-refractivity contribution in [3.05, 3.63) is 47.0 Å². The summed E-state index contributed by atoms with van der Waals surface area (Å²) in [7, 11) is 1.21. The van der Waals surface area contributed by atoms with Crippen molar-refractivity contribution in [3.63, 3.8) is 0 Å². The SMILES string of the molecule is CCCCCCC1CCC2CC(c3ccc4cc(C(=O)OC)c(F)cc4c3F)CCC2C1. The maximum atomic E-state index is 15.5. The van der Waals surface area contributed by atoms with Gasteiger partial charge >= 0.3 is 5.97 Å². The number of carbonyl (C=O) groups is 1. The molecule has 2 aromatic carbocycles.